The summed E-state index contributed by atoms with van der Waals surface area (Å²) in [5.74, 6) is 0.719. The lowest BCUT2D eigenvalue weighted by atomic mass is 10.1. The van der Waals surface area contributed by atoms with Gasteiger partial charge in [-0.15, -0.1) is 0 Å². The van der Waals surface area contributed by atoms with E-state index in [1.54, 1.807) is 17.7 Å². The highest BCUT2D eigenvalue weighted by Gasteiger charge is 2.18. The van der Waals surface area contributed by atoms with Crippen molar-refractivity contribution in [1.82, 2.24) is 9.38 Å². The fraction of sp³-hybridized carbons (Fsp3) is 0.0476. The van der Waals surface area contributed by atoms with Gasteiger partial charge in [-0.05, 0) is 42.5 Å². The number of anilines is 1. The van der Waals surface area contributed by atoms with Gasteiger partial charge in [-0.3, -0.25) is 19.3 Å². The summed E-state index contributed by atoms with van der Waals surface area (Å²) in [7, 11) is 1.59. The van der Waals surface area contributed by atoms with Crippen LogP contribution in [0.2, 0.25) is 0 Å². The van der Waals surface area contributed by atoms with Gasteiger partial charge in [0.05, 0.1) is 12.0 Å². The van der Waals surface area contributed by atoms with Gasteiger partial charge in [0, 0.05) is 29.5 Å². The average Bonchev–Trinajstić information content (AvgIpc) is 3.12. The molecule has 8 nitrogen and oxygen atoms in total. The number of aromatic nitrogens is 2. The van der Waals surface area contributed by atoms with Crippen molar-refractivity contribution in [3.8, 4) is 17.0 Å². The number of fused-ring (bicyclic) bond motifs is 1. The van der Waals surface area contributed by atoms with Crippen molar-refractivity contribution in [2.75, 3.05) is 12.4 Å². The predicted molar refractivity (Wildman–Crippen MR) is 108 cm³/mol. The zero-order valence-corrected chi connectivity index (χ0v) is 15.4. The fourth-order valence-corrected chi connectivity index (χ4v) is 3.01. The molecule has 0 radical (unpaired) electrons. The Bertz CT molecular complexity index is 1220. The van der Waals surface area contributed by atoms with E-state index in [4.69, 9.17) is 4.74 Å². The molecule has 2 heterocycles. The van der Waals surface area contributed by atoms with Crippen molar-refractivity contribution in [3.05, 3.63) is 88.6 Å². The number of hydrogen-bond donors (Lipinski definition) is 1. The van der Waals surface area contributed by atoms with Gasteiger partial charge in [0.15, 0.2) is 0 Å². The molecule has 1 amide bonds. The number of carbonyl (C=O) groups excluding carboxylic acids is 1. The third-order valence-electron chi connectivity index (χ3n) is 4.44. The van der Waals surface area contributed by atoms with E-state index in [0.717, 1.165) is 5.56 Å². The number of nitrogens with zero attached hydrogens (tertiary/aromatic N) is 3. The molecule has 1 N–H and O–H groups in total. The number of nitro benzene ring substituents is 1. The smallest absolute Gasteiger partial charge is 0.270 e. The van der Waals surface area contributed by atoms with Crippen LogP contribution in [-0.4, -0.2) is 27.3 Å². The molecule has 0 spiro atoms. The topological polar surface area (TPSA) is 98.8 Å². The molecule has 4 rings (SSSR count). The summed E-state index contributed by atoms with van der Waals surface area (Å²) in [6, 6.07) is 18.4. The zero-order valence-electron chi connectivity index (χ0n) is 15.4. The third-order valence-corrected chi connectivity index (χ3v) is 4.44. The maximum Gasteiger partial charge on any atom is 0.270 e. The Kier molecular flexibility index (Phi) is 4.66. The summed E-state index contributed by atoms with van der Waals surface area (Å²) in [4.78, 5) is 27.9. The molecule has 29 heavy (non-hydrogen) atoms. The van der Waals surface area contributed by atoms with Gasteiger partial charge in [0.1, 0.15) is 22.9 Å². The summed E-state index contributed by atoms with van der Waals surface area (Å²) in [5.41, 5.74) is 2.08. The highest BCUT2D eigenvalue weighted by molar-refractivity contribution is 6.06. The Labute approximate surface area is 165 Å². The van der Waals surface area contributed by atoms with Gasteiger partial charge >= 0.3 is 0 Å². The van der Waals surface area contributed by atoms with Gasteiger partial charge < -0.3 is 10.1 Å². The first-order valence-corrected chi connectivity index (χ1v) is 8.74. The number of nitrogens with one attached hydrogen (secondary N) is 1. The van der Waals surface area contributed by atoms with E-state index in [0.29, 0.717) is 22.9 Å². The molecule has 0 saturated heterocycles. The molecule has 2 aromatic carbocycles. The molecule has 4 aromatic rings. The Hall–Kier alpha value is -4.20. The molecule has 2 aromatic heterocycles. The second-order valence-electron chi connectivity index (χ2n) is 6.23. The first-order chi connectivity index (χ1) is 14.1. The number of imidazole rings is 1. The van der Waals surface area contributed by atoms with Gasteiger partial charge in [-0.1, -0.05) is 12.1 Å². The standard InChI is InChI=1S/C21H16N4O4/c1-29-17-10-8-14(9-11-17)19-20(24-12-3-2-7-18(24)22-19)23-21(26)15-5-4-6-16(13-15)25(27)28/h2-13H,1H3,(H,23,26). The monoisotopic (exact) mass is 388 g/mol. The van der Waals surface area contributed by atoms with E-state index in [9.17, 15) is 14.9 Å². The number of hydrogen-bond acceptors (Lipinski definition) is 5. The van der Waals surface area contributed by atoms with E-state index in [1.165, 1.54) is 24.3 Å². The Morgan fingerprint density at radius 3 is 2.62 bits per heavy atom. The number of amides is 1. The molecule has 0 bridgehead atoms. The van der Waals surface area contributed by atoms with Crippen LogP contribution in [0.4, 0.5) is 11.5 Å². The molecule has 0 aliphatic rings. The molecule has 0 unspecified atom stereocenters. The van der Waals surface area contributed by atoms with Crippen LogP contribution < -0.4 is 10.1 Å². The molecule has 0 aliphatic heterocycles. The van der Waals surface area contributed by atoms with Crippen molar-refractivity contribution >= 4 is 23.1 Å². The van der Waals surface area contributed by atoms with Crippen molar-refractivity contribution in [1.29, 1.82) is 0 Å². The molecule has 0 saturated carbocycles. The van der Waals surface area contributed by atoms with E-state index in [2.05, 4.69) is 10.3 Å². The summed E-state index contributed by atoms with van der Waals surface area (Å²) in [6.45, 7) is 0. The van der Waals surface area contributed by atoms with Gasteiger partial charge in [-0.25, -0.2) is 4.98 Å². The minimum atomic E-state index is -0.534. The maximum absolute atomic E-state index is 12.8. The van der Waals surface area contributed by atoms with Crippen LogP contribution in [0.5, 0.6) is 5.75 Å². The quantitative estimate of drug-likeness (QED) is 0.409. The second kappa shape index (κ2) is 7.43. The van der Waals surface area contributed by atoms with Gasteiger partial charge in [0.2, 0.25) is 0 Å². The minimum Gasteiger partial charge on any atom is -0.497 e. The molecular weight excluding hydrogens is 372 g/mol. The number of methoxy groups -OCH3 is 1. The SMILES string of the molecule is COc1ccc(-c2nc3ccccn3c2NC(=O)c2cccc([N+](=O)[O-])c2)cc1. The number of ether oxygens (including phenoxy) is 1. The molecule has 8 heteroatoms. The van der Waals surface area contributed by atoms with E-state index in [-0.39, 0.29) is 11.3 Å². The lowest BCUT2D eigenvalue weighted by Crippen LogP contribution is -2.14. The van der Waals surface area contributed by atoms with Gasteiger partial charge in [0.25, 0.3) is 11.6 Å². The third kappa shape index (κ3) is 3.51. The minimum absolute atomic E-state index is 0.147. The Morgan fingerprint density at radius 2 is 1.90 bits per heavy atom. The van der Waals surface area contributed by atoms with Crippen LogP contribution in [0.25, 0.3) is 16.9 Å². The lowest BCUT2D eigenvalue weighted by molar-refractivity contribution is -0.384. The lowest BCUT2D eigenvalue weighted by Gasteiger charge is -2.08. The molecule has 0 fully saturated rings. The Balaban J connectivity index is 1.77. The maximum atomic E-state index is 12.8. The van der Waals surface area contributed by atoms with Crippen LogP contribution in [0.1, 0.15) is 10.4 Å². The van der Waals surface area contributed by atoms with Crippen molar-refractivity contribution in [3.63, 3.8) is 0 Å². The number of benzene rings is 2. The number of carbonyl (C=O) groups is 1. The first-order valence-electron chi connectivity index (χ1n) is 8.74. The highest BCUT2D eigenvalue weighted by atomic mass is 16.6. The Morgan fingerprint density at radius 1 is 1.10 bits per heavy atom. The average molecular weight is 388 g/mol. The molecular formula is C21H16N4O4. The number of pyridine rings is 1. The fourth-order valence-electron chi connectivity index (χ4n) is 3.01. The first kappa shape index (κ1) is 18.2. The predicted octanol–water partition coefficient (Wildman–Crippen LogP) is 4.17. The van der Waals surface area contributed by atoms with Crippen LogP contribution in [0.15, 0.2) is 72.9 Å². The molecule has 144 valence electrons. The van der Waals surface area contributed by atoms with Crippen molar-refractivity contribution in [2.24, 2.45) is 0 Å². The van der Waals surface area contributed by atoms with Crippen molar-refractivity contribution < 1.29 is 14.5 Å². The van der Waals surface area contributed by atoms with E-state index in [1.807, 2.05) is 42.5 Å². The number of rotatable bonds is 5. The molecule has 0 aliphatic carbocycles. The normalized spacial score (nSPS) is 10.7. The largest absolute Gasteiger partial charge is 0.497 e. The van der Waals surface area contributed by atoms with Crippen LogP contribution >= 0.6 is 0 Å². The second-order valence-corrected chi connectivity index (χ2v) is 6.23. The number of non-ortho nitro benzene ring substituents is 1. The van der Waals surface area contributed by atoms with Crippen LogP contribution in [0, 0.1) is 10.1 Å². The molecule has 0 atom stereocenters. The van der Waals surface area contributed by atoms with Crippen LogP contribution in [0.3, 0.4) is 0 Å². The van der Waals surface area contributed by atoms with Crippen LogP contribution in [-0.2, 0) is 0 Å². The highest BCUT2D eigenvalue weighted by Crippen LogP contribution is 2.30. The summed E-state index contributed by atoms with van der Waals surface area (Å²) in [5, 5.41) is 13.9. The number of nitro groups is 1. The summed E-state index contributed by atoms with van der Waals surface area (Å²) >= 11 is 0. The van der Waals surface area contributed by atoms with Crippen molar-refractivity contribution in [2.45, 2.75) is 0 Å². The summed E-state index contributed by atoms with van der Waals surface area (Å²) in [6.07, 6.45) is 1.79. The van der Waals surface area contributed by atoms with E-state index < -0.39 is 10.8 Å². The van der Waals surface area contributed by atoms with Gasteiger partial charge in [-0.2, -0.15) is 0 Å². The zero-order chi connectivity index (χ0) is 20.4. The summed E-state index contributed by atoms with van der Waals surface area (Å²) < 4.78 is 6.96. The van der Waals surface area contributed by atoms with E-state index >= 15 is 0 Å².